The van der Waals surface area contributed by atoms with E-state index in [-0.39, 0.29) is 11.8 Å². The number of alkyl halides is 3. The van der Waals surface area contributed by atoms with Crippen molar-refractivity contribution >= 4 is 16.7 Å². The van der Waals surface area contributed by atoms with Gasteiger partial charge in [-0.05, 0) is 67.4 Å². The first-order valence-electron chi connectivity index (χ1n) is 11.5. The maximum atomic E-state index is 12.6. The average molecular weight is 490 g/mol. The summed E-state index contributed by atoms with van der Waals surface area (Å²) in [7, 11) is 0. The van der Waals surface area contributed by atoms with Crippen molar-refractivity contribution in [3.05, 3.63) is 72.3 Å². The fourth-order valence-electron chi connectivity index (χ4n) is 4.40. The molecule has 0 spiro atoms. The lowest BCUT2D eigenvalue weighted by molar-refractivity contribution is -0.274. The second kappa shape index (κ2) is 9.47. The van der Waals surface area contributed by atoms with Gasteiger partial charge in [0.1, 0.15) is 5.75 Å². The van der Waals surface area contributed by atoms with Crippen LogP contribution in [0.25, 0.3) is 33.5 Å². The smallest absolute Gasteiger partial charge is 0.406 e. The molecule has 0 unspecified atom stereocenters. The van der Waals surface area contributed by atoms with Crippen molar-refractivity contribution in [1.29, 1.82) is 5.26 Å². The molecule has 0 aliphatic carbocycles. The number of anilines is 1. The molecular weight excluding hydrogens is 467 g/mol. The zero-order chi connectivity index (χ0) is 25.3. The highest BCUT2D eigenvalue weighted by molar-refractivity contribution is 5.88. The van der Waals surface area contributed by atoms with E-state index in [1.165, 1.54) is 24.3 Å². The van der Waals surface area contributed by atoms with Gasteiger partial charge < -0.3 is 15.4 Å². The predicted octanol–water partition coefficient (Wildman–Crippen LogP) is 5.66. The number of nitriles is 1. The minimum absolute atomic E-state index is 0.126. The lowest BCUT2D eigenvalue weighted by Crippen LogP contribution is -2.42. The van der Waals surface area contributed by atoms with Crippen molar-refractivity contribution < 1.29 is 17.9 Å². The van der Waals surface area contributed by atoms with Crippen LogP contribution >= 0.6 is 0 Å². The van der Waals surface area contributed by atoms with Gasteiger partial charge in [-0.15, -0.1) is 13.2 Å². The predicted molar refractivity (Wildman–Crippen MR) is 131 cm³/mol. The Bertz CT molecular complexity index is 1430. The molecule has 0 radical (unpaired) electrons. The number of hydrogen-bond donors (Lipinski definition) is 1. The first kappa shape index (κ1) is 23.6. The van der Waals surface area contributed by atoms with E-state index < -0.39 is 6.36 Å². The Hall–Kier alpha value is -4.16. The number of nitrogens with two attached hydrogens (primary N) is 1. The summed E-state index contributed by atoms with van der Waals surface area (Å²) in [5.74, 6) is -0.315. The summed E-state index contributed by atoms with van der Waals surface area (Å²) in [6.45, 7) is 1.69. The summed E-state index contributed by atoms with van der Waals surface area (Å²) >= 11 is 0. The molecule has 0 amide bonds. The summed E-state index contributed by atoms with van der Waals surface area (Å²) in [6.07, 6.45) is -2.74. The van der Waals surface area contributed by atoms with Crippen LogP contribution in [0.4, 0.5) is 18.9 Å². The van der Waals surface area contributed by atoms with Gasteiger partial charge >= 0.3 is 6.36 Å². The van der Waals surface area contributed by atoms with Gasteiger partial charge in [-0.3, -0.25) is 0 Å². The standard InChI is InChI=1S/C27H22F3N5O/c28-27(29,30)36-22-10-7-19(8-11-22)25-26(18-5-3-17(15-31)4-6-18)34-24-14-21(9-12-23(24)33-25)35-13-1-2-20(32)16-35/h3-12,14,20H,1-2,13,16,32H2/t20-/m0/s1. The molecule has 36 heavy (non-hydrogen) atoms. The number of nitrogens with zero attached hydrogens (tertiary/aromatic N) is 4. The van der Waals surface area contributed by atoms with Gasteiger partial charge in [0.05, 0.1) is 34.1 Å². The average Bonchev–Trinajstić information content (AvgIpc) is 2.87. The second-order valence-electron chi connectivity index (χ2n) is 8.70. The molecule has 6 nitrogen and oxygen atoms in total. The fourth-order valence-corrected chi connectivity index (χ4v) is 4.40. The van der Waals surface area contributed by atoms with E-state index >= 15 is 0 Å². The normalized spacial score (nSPS) is 16.1. The Morgan fingerprint density at radius 3 is 2.17 bits per heavy atom. The van der Waals surface area contributed by atoms with Gasteiger partial charge in [0.25, 0.3) is 0 Å². The van der Waals surface area contributed by atoms with E-state index in [1.807, 2.05) is 18.2 Å². The van der Waals surface area contributed by atoms with Crippen LogP contribution in [-0.4, -0.2) is 35.5 Å². The molecule has 3 aromatic carbocycles. The van der Waals surface area contributed by atoms with Crippen molar-refractivity contribution in [3.8, 4) is 34.3 Å². The van der Waals surface area contributed by atoms with E-state index in [2.05, 4.69) is 15.7 Å². The van der Waals surface area contributed by atoms with Crippen LogP contribution in [0.3, 0.4) is 0 Å². The molecule has 1 aromatic heterocycles. The van der Waals surface area contributed by atoms with E-state index in [9.17, 15) is 13.2 Å². The van der Waals surface area contributed by atoms with Crippen molar-refractivity contribution in [1.82, 2.24) is 9.97 Å². The Morgan fingerprint density at radius 1 is 0.917 bits per heavy atom. The highest BCUT2D eigenvalue weighted by Crippen LogP contribution is 2.34. The number of ether oxygens (including phenoxy) is 1. The molecule has 2 heterocycles. The second-order valence-corrected chi connectivity index (χ2v) is 8.70. The minimum atomic E-state index is -4.77. The maximum Gasteiger partial charge on any atom is 0.573 e. The molecule has 0 saturated carbocycles. The summed E-state index contributed by atoms with van der Waals surface area (Å²) in [5.41, 5.74) is 11.4. The maximum absolute atomic E-state index is 12.6. The minimum Gasteiger partial charge on any atom is -0.406 e. The Morgan fingerprint density at radius 2 is 1.56 bits per heavy atom. The lowest BCUT2D eigenvalue weighted by atomic mass is 10.0. The molecule has 1 saturated heterocycles. The van der Waals surface area contributed by atoms with Crippen molar-refractivity contribution in [2.24, 2.45) is 5.73 Å². The monoisotopic (exact) mass is 489 g/mol. The lowest BCUT2D eigenvalue weighted by Gasteiger charge is -2.32. The summed E-state index contributed by atoms with van der Waals surface area (Å²) < 4.78 is 41.8. The largest absolute Gasteiger partial charge is 0.573 e. The SMILES string of the molecule is N#Cc1ccc(-c2nc3cc(N4CCC[C@H](N)C4)ccc3nc2-c2ccc(OC(F)(F)F)cc2)cc1. The number of aromatic nitrogens is 2. The molecule has 2 N–H and O–H groups in total. The summed E-state index contributed by atoms with van der Waals surface area (Å²) in [4.78, 5) is 12.0. The number of hydrogen-bond acceptors (Lipinski definition) is 6. The van der Waals surface area contributed by atoms with Gasteiger partial charge in [0, 0.05) is 35.9 Å². The molecule has 1 aliphatic heterocycles. The Labute approximate surface area is 205 Å². The quantitative estimate of drug-likeness (QED) is 0.398. The highest BCUT2D eigenvalue weighted by atomic mass is 19.4. The molecular formula is C27H22F3N5O. The molecule has 182 valence electrons. The zero-order valence-electron chi connectivity index (χ0n) is 19.2. The van der Waals surface area contributed by atoms with Crippen molar-refractivity contribution in [3.63, 3.8) is 0 Å². The van der Waals surface area contributed by atoms with E-state index in [0.29, 0.717) is 33.5 Å². The fraction of sp³-hybridized carbons (Fsp3) is 0.222. The van der Waals surface area contributed by atoms with Crippen LogP contribution in [0.2, 0.25) is 0 Å². The molecule has 4 aromatic rings. The first-order chi connectivity index (χ1) is 17.3. The van der Waals surface area contributed by atoms with E-state index in [4.69, 9.17) is 21.0 Å². The number of benzene rings is 3. The van der Waals surface area contributed by atoms with Crippen LogP contribution < -0.4 is 15.4 Å². The third-order valence-corrected chi connectivity index (χ3v) is 6.12. The number of fused-ring (bicyclic) bond motifs is 1. The number of rotatable bonds is 4. The Balaban J connectivity index is 1.60. The van der Waals surface area contributed by atoms with Gasteiger partial charge in [-0.1, -0.05) is 12.1 Å². The van der Waals surface area contributed by atoms with Crippen LogP contribution in [0.15, 0.2) is 66.7 Å². The third-order valence-electron chi connectivity index (χ3n) is 6.12. The number of piperidine rings is 1. The van der Waals surface area contributed by atoms with Gasteiger partial charge in [0.15, 0.2) is 0 Å². The van der Waals surface area contributed by atoms with E-state index in [0.717, 1.165) is 37.2 Å². The van der Waals surface area contributed by atoms with Crippen LogP contribution in [-0.2, 0) is 0 Å². The number of halogens is 3. The van der Waals surface area contributed by atoms with Gasteiger partial charge in [0.2, 0.25) is 0 Å². The van der Waals surface area contributed by atoms with Gasteiger partial charge in [-0.2, -0.15) is 5.26 Å². The molecule has 0 bridgehead atoms. The first-order valence-corrected chi connectivity index (χ1v) is 11.5. The van der Waals surface area contributed by atoms with Crippen LogP contribution in [0.5, 0.6) is 5.75 Å². The van der Waals surface area contributed by atoms with Crippen molar-refractivity contribution in [2.45, 2.75) is 25.2 Å². The third kappa shape index (κ3) is 5.09. The van der Waals surface area contributed by atoms with Crippen LogP contribution in [0, 0.1) is 11.3 Å². The van der Waals surface area contributed by atoms with E-state index in [1.54, 1.807) is 24.3 Å². The molecule has 5 rings (SSSR count). The Kier molecular flexibility index (Phi) is 6.20. The molecule has 1 fully saturated rings. The molecule has 1 atom stereocenters. The zero-order valence-corrected chi connectivity index (χ0v) is 19.2. The topological polar surface area (TPSA) is 88.1 Å². The highest BCUT2D eigenvalue weighted by Gasteiger charge is 2.31. The summed E-state index contributed by atoms with van der Waals surface area (Å²) in [5, 5.41) is 9.17. The molecule has 9 heteroatoms. The van der Waals surface area contributed by atoms with Gasteiger partial charge in [-0.25, -0.2) is 9.97 Å². The molecule has 1 aliphatic rings. The van der Waals surface area contributed by atoms with Crippen molar-refractivity contribution in [2.75, 3.05) is 18.0 Å². The summed E-state index contributed by atoms with van der Waals surface area (Å²) in [6, 6.07) is 20.6. The van der Waals surface area contributed by atoms with Crippen LogP contribution in [0.1, 0.15) is 18.4 Å².